The molecule has 1 aromatic heterocycles. The van der Waals surface area contributed by atoms with E-state index in [4.69, 9.17) is 11.6 Å². The number of halogens is 1. The van der Waals surface area contributed by atoms with Crippen LogP contribution in [0.3, 0.4) is 0 Å². The van der Waals surface area contributed by atoms with Crippen molar-refractivity contribution in [2.24, 2.45) is 0 Å². The van der Waals surface area contributed by atoms with Crippen molar-refractivity contribution < 1.29 is 5.11 Å². The Hall–Kier alpha value is -2.01. The second-order valence-corrected chi connectivity index (χ2v) is 6.93. The molecule has 1 N–H and O–H groups in total. The van der Waals surface area contributed by atoms with Crippen molar-refractivity contribution in [2.45, 2.75) is 51.1 Å². The van der Waals surface area contributed by atoms with Crippen molar-refractivity contribution in [3.8, 4) is 5.88 Å². The number of benzene rings is 1. The summed E-state index contributed by atoms with van der Waals surface area (Å²) in [6, 6.07) is 8.52. The van der Waals surface area contributed by atoms with Gasteiger partial charge in [-0.25, -0.2) is 4.79 Å². The zero-order valence-corrected chi connectivity index (χ0v) is 14.4. The van der Waals surface area contributed by atoms with Crippen molar-refractivity contribution in [1.82, 2.24) is 9.13 Å². The lowest BCUT2D eigenvalue weighted by atomic mass is 10.0. The van der Waals surface area contributed by atoms with Gasteiger partial charge in [0.1, 0.15) is 0 Å². The summed E-state index contributed by atoms with van der Waals surface area (Å²) in [5.74, 6) is -0.310. The maximum atomic E-state index is 12.8. The Balaban J connectivity index is 1.97. The lowest BCUT2D eigenvalue weighted by Crippen LogP contribution is -2.41. The smallest absolute Gasteiger partial charge is 0.334 e. The van der Waals surface area contributed by atoms with Crippen LogP contribution in [0.2, 0.25) is 5.02 Å². The molecule has 2 aromatic rings. The molecule has 3 rings (SSSR count). The van der Waals surface area contributed by atoms with Gasteiger partial charge in [-0.05, 0) is 36.5 Å². The molecule has 1 aliphatic carbocycles. The van der Waals surface area contributed by atoms with Crippen LogP contribution >= 0.6 is 11.6 Å². The molecule has 0 bridgehead atoms. The standard InChI is InChI=1S/C18H21ClN2O3/c1-12(13-5-4-6-14(19)9-13)11-20-16(22)10-17(23)21(18(20)24)15-7-2-3-8-15/h4-6,9-10,12,15,22H,2-3,7-8,11H2,1H3. The van der Waals surface area contributed by atoms with Crippen LogP contribution in [-0.2, 0) is 6.54 Å². The SMILES string of the molecule is CC(Cn1c(O)cc(=O)n(C2CCCC2)c1=O)c1cccc(Cl)c1. The van der Waals surface area contributed by atoms with Crippen LogP contribution in [0.15, 0.2) is 39.9 Å². The first-order valence-corrected chi connectivity index (χ1v) is 8.66. The molecule has 1 atom stereocenters. The fourth-order valence-corrected chi connectivity index (χ4v) is 3.64. The van der Waals surface area contributed by atoms with Crippen molar-refractivity contribution in [3.63, 3.8) is 0 Å². The Morgan fingerprint density at radius 2 is 1.96 bits per heavy atom. The lowest BCUT2D eigenvalue weighted by Gasteiger charge is -2.19. The van der Waals surface area contributed by atoms with E-state index in [0.29, 0.717) is 5.02 Å². The number of nitrogens with zero attached hydrogens (tertiary/aromatic N) is 2. The van der Waals surface area contributed by atoms with Gasteiger partial charge in [-0.15, -0.1) is 0 Å². The van der Waals surface area contributed by atoms with Gasteiger partial charge in [0.05, 0.1) is 6.07 Å². The van der Waals surface area contributed by atoms with Crippen LogP contribution in [0.1, 0.15) is 50.1 Å². The second-order valence-electron chi connectivity index (χ2n) is 6.50. The number of aromatic hydroxyl groups is 1. The van der Waals surface area contributed by atoms with Crippen LogP contribution in [0, 0.1) is 0 Å². The monoisotopic (exact) mass is 348 g/mol. The number of aromatic nitrogens is 2. The first-order chi connectivity index (χ1) is 11.5. The summed E-state index contributed by atoms with van der Waals surface area (Å²) in [5, 5.41) is 10.7. The van der Waals surface area contributed by atoms with Gasteiger partial charge >= 0.3 is 5.69 Å². The van der Waals surface area contributed by atoms with Crippen LogP contribution in [0.25, 0.3) is 0 Å². The van der Waals surface area contributed by atoms with Gasteiger partial charge in [0, 0.05) is 17.6 Å². The zero-order chi connectivity index (χ0) is 17.3. The minimum Gasteiger partial charge on any atom is -0.494 e. The van der Waals surface area contributed by atoms with E-state index in [1.54, 1.807) is 6.07 Å². The summed E-state index contributed by atoms with van der Waals surface area (Å²) in [7, 11) is 0. The second kappa shape index (κ2) is 6.85. The highest BCUT2D eigenvalue weighted by molar-refractivity contribution is 6.30. The summed E-state index contributed by atoms with van der Waals surface area (Å²) < 4.78 is 2.59. The summed E-state index contributed by atoms with van der Waals surface area (Å²) in [4.78, 5) is 24.9. The normalized spacial score (nSPS) is 16.4. The molecule has 0 radical (unpaired) electrons. The Kier molecular flexibility index (Phi) is 4.81. The van der Waals surface area contributed by atoms with Crippen LogP contribution in [0.4, 0.5) is 0 Å². The molecule has 1 heterocycles. The van der Waals surface area contributed by atoms with E-state index in [-0.39, 0.29) is 24.4 Å². The maximum Gasteiger partial charge on any atom is 0.334 e. The average Bonchev–Trinajstić information content (AvgIpc) is 3.05. The van der Waals surface area contributed by atoms with Crippen molar-refractivity contribution in [2.75, 3.05) is 0 Å². The highest BCUT2D eigenvalue weighted by atomic mass is 35.5. The summed E-state index contributed by atoms with van der Waals surface area (Å²) >= 11 is 6.02. The highest BCUT2D eigenvalue weighted by Gasteiger charge is 2.23. The molecule has 0 saturated heterocycles. The van der Waals surface area contributed by atoms with Gasteiger partial charge in [0.2, 0.25) is 5.88 Å². The molecule has 128 valence electrons. The molecule has 1 unspecified atom stereocenters. The van der Waals surface area contributed by atoms with Gasteiger partial charge < -0.3 is 5.11 Å². The molecule has 6 heteroatoms. The lowest BCUT2D eigenvalue weighted by molar-refractivity contribution is 0.364. The van der Waals surface area contributed by atoms with Crippen LogP contribution < -0.4 is 11.2 Å². The maximum absolute atomic E-state index is 12.8. The Labute approximate surface area is 145 Å². The van der Waals surface area contributed by atoms with Crippen molar-refractivity contribution >= 4 is 11.6 Å². The van der Waals surface area contributed by atoms with Crippen molar-refractivity contribution in [3.05, 3.63) is 61.8 Å². The fraction of sp³-hybridized carbons (Fsp3) is 0.444. The molecule has 1 aliphatic rings. The Morgan fingerprint density at radius 3 is 2.62 bits per heavy atom. The van der Waals surface area contributed by atoms with Crippen LogP contribution in [-0.4, -0.2) is 14.2 Å². The van der Waals surface area contributed by atoms with E-state index in [2.05, 4.69) is 0 Å². The predicted molar refractivity (Wildman–Crippen MR) is 94.0 cm³/mol. The molecule has 24 heavy (non-hydrogen) atoms. The molecule has 1 saturated carbocycles. The van der Waals surface area contributed by atoms with E-state index in [1.165, 1.54) is 9.13 Å². The molecular weight excluding hydrogens is 328 g/mol. The predicted octanol–water partition coefficient (Wildman–Crippen LogP) is 3.29. The van der Waals surface area contributed by atoms with Gasteiger partial charge in [-0.1, -0.05) is 43.5 Å². The number of hydrogen-bond donors (Lipinski definition) is 1. The van der Waals surface area contributed by atoms with E-state index in [9.17, 15) is 14.7 Å². The largest absolute Gasteiger partial charge is 0.494 e. The van der Waals surface area contributed by atoms with E-state index >= 15 is 0 Å². The molecular formula is C18H21ClN2O3. The van der Waals surface area contributed by atoms with Gasteiger partial charge in [-0.3, -0.25) is 13.9 Å². The average molecular weight is 349 g/mol. The molecule has 0 aliphatic heterocycles. The summed E-state index contributed by atoms with van der Waals surface area (Å²) in [6.45, 7) is 2.25. The summed E-state index contributed by atoms with van der Waals surface area (Å²) in [6.07, 6.45) is 3.72. The topological polar surface area (TPSA) is 64.2 Å². The third-order valence-corrected chi connectivity index (χ3v) is 5.00. The third kappa shape index (κ3) is 3.26. The van der Waals surface area contributed by atoms with E-state index in [0.717, 1.165) is 37.3 Å². The molecule has 5 nitrogen and oxygen atoms in total. The van der Waals surface area contributed by atoms with Gasteiger partial charge in [0.25, 0.3) is 5.56 Å². The quantitative estimate of drug-likeness (QED) is 0.922. The minimum absolute atomic E-state index is 0.0261. The number of hydrogen-bond acceptors (Lipinski definition) is 3. The van der Waals surface area contributed by atoms with Gasteiger partial charge in [0.15, 0.2) is 0 Å². The zero-order valence-electron chi connectivity index (χ0n) is 13.6. The Morgan fingerprint density at radius 1 is 1.25 bits per heavy atom. The van der Waals surface area contributed by atoms with E-state index in [1.807, 2.05) is 25.1 Å². The highest BCUT2D eigenvalue weighted by Crippen LogP contribution is 2.27. The van der Waals surface area contributed by atoms with Crippen molar-refractivity contribution in [1.29, 1.82) is 0 Å². The molecule has 1 aromatic carbocycles. The number of rotatable bonds is 4. The first-order valence-electron chi connectivity index (χ1n) is 8.28. The fourth-order valence-electron chi connectivity index (χ4n) is 3.44. The minimum atomic E-state index is -0.430. The van der Waals surface area contributed by atoms with Gasteiger partial charge in [-0.2, -0.15) is 0 Å². The molecule has 0 spiro atoms. The third-order valence-electron chi connectivity index (χ3n) is 4.77. The first kappa shape index (κ1) is 16.8. The molecule has 1 fully saturated rings. The van der Waals surface area contributed by atoms with E-state index < -0.39 is 11.2 Å². The molecule has 0 amide bonds. The van der Waals surface area contributed by atoms with Crippen LogP contribution in [0.5, 0.6) is 5.88 Å². The summed E-state index contributed by atoms with van der Waals surface area (Å²) in [5.41, 5.74) is 0.129. The Bertz CT molecular complexity index is 850.